The van der Waals surface area contributed by atoms with Crippen LogP contribution < -0.4 is 5.32 Å². The van der Waals surface area contributed by atoms with Gasteiger partial charge in [0.1, 0.15) is 12.7 Å². The van der Waals surface area contributed by atoms with Gasteiger partial charge in [-0.05, 0) is 59.2 Å². The number of phenols is 2. The van der Waals surface area contributed by atoms with Crippen molar-refractivity contribution < 1.29 is 29.6 Å². The van der Waals surface area contributed by atoms with E-state index in [2.05, 4.69) is 5.32 Å². The largest absolute Gasteiger partial charge is 0.504 e. The molecule has 148 valence electrons. The molecule has 4 N–H and O–H groups in total. The monoisotopic (exact) mass is 369 g/mol. The van der Waals surface area contributed by atoms with Crippen LogP contribution >= 0.6 is 0 Å². The standard InChI is InChI=1S/C19H31NO6/c1-12-7-15(22)16(23)8-14(12)17(24)25-10-13(21)9-20-19(5,6)11-26-18(2,3)4/h7-8,13,20-23H,9-11H2,1-6H3. The Hall–Kier alpha value is -1.83. The third-order valence-electron chi connectivity index (χ3n) is 3.63. The second-order valence-corrected chi connectivity index (χ2v) is 8.07. The van der Waals surface area contributed by atoms with Crippen LogP contribution in [-0.2, 0) is 9.47 Å². The number of carbonyl (C=O) groups excluding carboxylic acids is 1. The molecule has 1 unspecified atom stereocenters. The Kier molecular flexibility index (Phi) is 7.44. The predicted molar refractivity (Wildman–Crippen MR) is 98.6 cm³/mol. The molecule has 0 aliphatic rings. The van der Waals surface area contributed by atoms with Gasteiger partial charge in [-0.1, -0.05) is 0 Å². The molecule has 0 heterocycles. The van der Waals surface area contributed by atoms with Crippen LogP contribution in [0.15, 0.2) is 12.1 Å². The van der Waals surface area contributed by atoms with Crippen LogP contribution in [0.5, 0.6) is 11.5 Å². The van der Waals surface area contributed by atoms with Crippen LogP contribution in [0.4, 0.5) is 0 Å². The minimum atomic E-state index is -0.890. The number of ether oxygens (including phenoxy) is 2. The van der Waals surface area contributed by atoms with E-state index in [4.69, 9.17) is 9.47 Å². The molecule has 1 aromatic rings. The maximum atomic E-state index is 12.1. The first-order valence-electron chi connectivity index (χ1n) is 8.57. The van der Waals surface area contributed by atoms with Gasteiger partial charge in [-0.3, -0.25) is 0 Å². The zero-order valence-corrected chi connectivity index (χ0v) is 16.4. The average Bonchev–Trinajstić information content (AvgIpc) is 2.52. The van der Waals surface area contributed by atoms with Crippen LogP contribution in [0.1, 0.15) is 50.5 Å². The molecule has 0 aromatic heterocycles. The molecule has 0 saturated heterocycles. The molecule has 0 radical (unpaired) electrons. The molecule has 0 bridgehead atoms. The van der Waals surface area contributed by atoms with E-state index in [1.165, 1.54) is 6.07 Å². The Labute approximate surface area is 154 Å². The van der Waals surface area contributed by atoms with Gasteiger partial charge in [-0.15, -0.1) is 0 Å². The van der Waals surface area contributed by atoms with Gasteiger partial charge in [0.2, 0.25) is 0 Å². The lowest BCUT2D eigenvalue weighted by Gasteiger charge is -2.31. The number of rotatable bonds is 8. The number of aryl methyl sites for hydroxylation is 1. The van der Waals surface area contributed by atoms with Gasteiger partial charge in [0.25, 0.3) is 0 Å². The third kappa shape index (κ3) is 7.59. The van der Waals surface area contributed by atoms with Crippen molar-refractivity contribution in [1.82, 2.24) is 5.32 Å². The summed E-state index contributed by atoms with van der Waals surface area (Å²) in [5.74, 6) is -1.37. The number of phenolic OH excluding ortho intramolecular Hbond substituents is 2. The summed E-state index contributed by atoms with van der Waals surface area (Å²) in [6.45, 7) is 12.0. The number of nitrogens with one attached hydrogen (secondary N) is 1. The van der Waals surface area contributed by atoms with Crippen molar-refractivity contribution in [2.75, 3.05) is 19.8 Å². The highest BCUT2D eigenvalue weighted by Crippen LogP contribution is 2.28. The lowest BCUT2D eigenvalue weighted by atomic mass is 10.1. The lowest BCUT2D eigenvalue weighted by molar-refractivity contribution is -0.0332. The summed E-state index contributed by atoms with van der Waals surface area (Å²) in [4.78, 5) is 12.1. The lowest BCUT2D eigenvalue weighted by Crippen LogP contribution is -2.49. The number of hydrogen-bond donors (Lipinski definition) is 4. The number of carbonyl (C=O) groups is 1. The van der Waals surface area contributed by atoms with E-state index in [1.54, 1.807) is 6.92 Å². The van der Waals surface area contributed by atoms with E-state index >= 15 is 0 Å². The summed E-state index contributed by atoms with van der Waals surface area (Å²) in [5, 5.41) is 32.1. The number of β-amino-alcohol motifs (C(OH)–C–C–N with tert-alkyl or cyclic N) is 1. The molecule has 7 heteroatoms. The maximum absolute atomic E-state index is 12.1. The smallest absolute Gasteiger partial charge is 0.338 e. The van der Waals surface area contributed by atoms with Crippen LogP contribution in [0.2, 0.25) is 0 Å². The number of aliphatic hydroxyl groups is 1. The molecule has 1 atom stereocenters. The van der Waals surface area contributed by atoms with Crippen molar-refractivity contribution in [3.05, 3.63) is 23.3 Å². The second-order valence-electron chi connectivity index (χ2n) is 8.07. The van der Waals surface area contributed by atoms with E-state index < -0.39 is 17.8 Å². The molecule has 26 heavy (non-hydrogen) atoms. The fourth-order valence-corrected chi connectivity index (χ4v) is 2.05. The first-order valence-corrected chi connectivity index (χ1v) is 8.57. The van der Waals surface area contributed by atoms with Crippen LogP contribution in [0.3, 0.4) is 0 Å². The van der Waals surface area contributed by atoms with Crippen LogP contribution in [0, 0.1) is 6.92 Å². The number of esters is 1. The highest BCUT2D eigenvalue weighted by Gasteiger charge is 2.23. The average molecular weight is 369 g/mol. The SMILES string of the molecule is Cc1cc(O)c(O)cc1C(=O)OCC(O)CNC(C)(C)COC(C)(C)C. The summed E-state index contributed by atoms with van der Waals surface area (Å²) < 4.78 is 10.8. The van der Waals surface area contributed by atoms with E-state index in [0.29, 0.717) is 12.2 Å². The van der Waals surface area contributed by atoms with Crippen LogP contribution in [0.25, 0.3) is 0 Å². The van der Waals surface area contributed by atoms with Crippen LogP contribution in [-0.4, -0.2) is 58.3 Å². The molecule has 0 amide bonds. The molecule has 1 aromatic carbocycles. The van der Waals surface area contributed by atoms with Gasteiger partial charge >= 0.3 is 5.97 Å². The van der Waals surface area contributed by atoms with Gasteiger partial charge in [-0.25, -0.2) is 4.79 Å². The van der Waals surface area contributed by atoms with E-state index in [1.807, 2.05) is 34.6 Å². The van der Waals surface area contributed by atoms with Crippen molar-refractivity contribution >= 4 is 5.97 Å². The molecular weight excluding hydrogens is 338 g/mol. The molecule has 7 nitrogen and oxygen atoms in total. The quantitative estimate of drug-likeness (QED) is 0.410. The van der Waals surface area contributed by atoms with Crippen molar-refractivity contribution in [3.8, 4) is 11.5 Å². The highest BCUT2D eigenvalue weighted by atomic mass is 16.5. The van der Waals surface area contributed by atoms with Gasteiger partial charge in [0, 0.05) is 12.1 Å². The van der Waals surface area contributed by atoms with Crippen molar-refractivity contribution in [1.29, 1.82) is 0 Å². The summed E-state index contributed by atoms with van der Waals surface area (Å²) in [7, 11) is 0. The molecule has 0 spiro atoms. The van der Waals surface area contributed by atoms with E-state index in [0.717, 1.165) is 6.07 Å². The zero-order chi connectivity index (χ0) is 20.1. The minimum absolute atomic E-state index is 0.138. The first kappa shape index (κ1) is 22.2. The van der Waals surface area contributed by atoms with Crippen molar-refractivity contribution in [2.45, 2.75) is 58.8 Å². The normalized spacial score (nSPS) is 13.5. The maximum Gasteiger partial charge on any atom is 0.338 e. The Morgan fingerprint density at radius 3 is 2.31 bits per heavy atom. The second kappa shape index (κ2) is 8.70. The van der Waals surface area contributed by atoms with Crippen molar-refractivity contribution in [2.24, 2.45) is 0 Å². The van der Waals surface area contributed by atoms with E-state index in [-0.39, 0.29) is 35.6 Å². The third-order valence-corrected chi connectivity index (χ3v) is 3.63. The minimum Gasteiger partial charge on any atom is -0.504 e. The summed E-state index contributed by atoms with van der Waals surface area (Å²) in [6.07, 6.45) is -0.890. The topological polar surface area (TPSA) is 108 Å². The summed E-state index contributed by atoms with van der Waals surface area (Å²) >= 11 is 0. The fraction of sp³-hybridized carbons (Fsp3) is 0.632. The van der Waals surface area contributed by atoms with Gasteiger partial charge < -0.3 is 30.1 Å². The Morgan fingerprint density at radius 2 is 1.73 bits per heavy atom. The molecule has 0 aliphatic carbocycles. The molecular formula is C19H31NO6. The number of aliphatic hydroxyl groups excluding tert-OH is 1. The van der Waals surface area contributed by atoms with Gasteiger partial charge in [0.05, 0.1) is 17.8 Å². The summed E-state index contributed by atoms with van der Waals surface area (Å²) in [6, 6.07) is 2.42. The highest BCUT2D eigenvalue weighted by molar-refractivity contribution is 5.92. The number of hydrogen-bond acceptors (Lipinski definition) is 7. The first-order chi connectivity index (χ1) is 11.8. The fourth-order valence-electron chi connectivity index (χ4n) is 2.05. The van der Waals surface area contributed by atoms with Crippen molar-refractivity contribution in [3.63, 3.8) is 0 Å². The van der Waals surface area contributed by atoms with Gasteiger partial charge in [-0.2, -0.15) is 0 Å². The summed E-state index contributed by atoms with van der Waals surface area (Å²) in [5.41, 5.74) is 0.0101. The Balaban J connectivity index is 2.48. The number of benzene rings is 1. The number of aromatic hydroxyl groups is 2. The molecule has 0 aliphatic heterocycles. The Morgan fingerprint density at radius 1 is 1.15 bits per heavy atom. The Bertz CT molecular complexity index is 621. The molecule has 1 rings (SSSR count). The molecule has 0 fully saturated rings. The van der Waals surface area contributed by atoms with Gasteiger partial charge in [0.15, 0.2) is 11.5 Å². The molecule has 0 saturated carbocycles. The van der Waals surface area contributed by atoms with E-state index in [9.17, 15) is 20.1 Å². The predicted octanol–water partition coefficient (Wildman–Crippen LogP) is 2.11. The zero-order valence-electron chi connectivity index (χ0n) is 16.4.